The summed E-state index contributed by atoms with van der Waals surface area (Å²) < 4.78 is 12.9. The maximum absolute atomic E-state index is 12.9. The fraction of sp³-hybridized carbons (Fsp3) is 0.364. The van der Waals surface area contributed by atoms with Gasteiger partial charge in [-0.1, -0.05) is 6.07 Å². The number of carbonyl (C=O) groups excluding carboxylic acids is 1. The highest BCUT2D eigenvalue weighted by atomic mass is 19.1. The normalized spacial score (nSPS) is 14.4. The lowest BCUT2D eigenvalue weighted by atomic mass is 9.97. The maximum atomic E-state index is 12.9. The molecule has 94 valence electrons. The molecule has 0 aliphatic heterocycles. The van der Waals surface area contributed by atoms with Crippen molar-refractivity contribution in [2.45, 2.75) is 25.2 Å². The van der Waals surface area contributed by atoms with E-state index in [1.165, 1.54) is 12.1 Å². The Hall–Kier alpha value is -1.50. The maximum Gasteiger partial charge on any atom is 0.220 e. The number of halogens is 1. The van der Waals surface area contributed by atoms with E-state index in [1.54, 1.807) is 0 Å². The van der Waals surface area contributed by atoms with Crippen LogP contribution in [0.1, 0.15) is 23.7 Å². The molecule has 6 N–H and O–H groups in total. The molecule has 5 nitrogen and oxygen atoms in total. The molecule has 0 saturated carbocycles. The Labute approximate surface area is 97.9 Å². The zero-order chi connectivity index (χ0) is 13.0. The van der Waals surface area contributed by atoms with Crippen molar-refractivity contribution in [2.75, 3.05) is 0 Å². The minimum absolute atomic E-state index is 0.0213. The van der Waals surface area contributed by atoms with Gasteiger partial charge in [0.15, 0.2) is 0 Å². The molecule has 17 heavy (non-hydrogen) atoms. The average molecular weight is 242 g/mol. The van der Waals surface area contributed by atoms with Gasteiger partial charge in [-0.2, -0.15) is 0 Å². The molecule has 0 radical (unpaired) electrons. The molecule has 2 atom stereocenters. The Kier molecular flexibility index (Phi) is 4.56. The molecule has 1 aromatic rings. The molecule has 0 bridgehead atoms. The number of amides is 1. The molecule has 0 heterocycles. The summed E-state index contributed by atoms with van der Waals surface area (Å²) in [5.74, 6) is -1.21. The Morgan fingerprint density at radius 2 is 2.06 bits per heavy atom. The summed E-state index contributed by atoms with van der Waals surface area (Å²) in [5, 5.41) is 19.4. The highest BCUT2D eigenvalue weighted by molar-refractivity contribution is 5.74. The van der Waals surface area contributed by atoms with E-state index in [0.29, 0.717) is 11.1 Å². The SMILES string of the molecule is NCc1cc(F)ccc1C(O)C(O)CC(N)=O. The summed E-state index contributed by atoms with van der Waals surface area (Å²) >= 11 is 0. The molecule has 0 saturated heterocycles. The third-order valence-electron chi connectivity index (χ3n) is 2.42. The van der Waals surface area contributed by atoms with Gasteiger partial charge in [0, 0.05) is 6.54 Å². The molecule has 2 unspecified atom stereocenters. The van der Waals surface area contributed by atoms with Gasteiger partial charge in [0.25, 0.3) is 0 Å². The van der Waals surface area contributed by atoms with Crippen molar-refractivity contribution >= 4 is 5.91 Å². The van der Waals surface area contributed by atoms with E-state index < -0.39 is 23.9 Å². The van der Waals surface area contributed by atoms with Crippen LogP contribution in [0.4, 0.5) is 4.39 Å². The van der Waals surface area contributed by atoms with Crippen molar-refractivity contribution < 1.29 is 19.4 Å². The second kappa shape index (κ2) is 5.72. The lowest BCUT2D eigenvalue weighted by Gasteiger charge is -2.19. The van der Waals surface area contributed by atoms with Gasteiger partial charge in [0.1, 0.15) is 11.9 Å². The second-order valence-electron chi connectivity index (χ2n) is 3.73. The van der Waals surface area contributed by atoms with Crippen molar-refractivity contribution in [3.63, 3.8) is 0 Å². The van der Waals surface area contributed by atoms with Crippen LogP contribution < -0.4 is 11.5 Å². The number of primary amides is 1. The Balaban J connectivity index is 2.94. The first-order valence-electron chi connectivity index (χ1n) is 5.08. The van der Waals surface area contributed by atoms with Crippen LogP contribution in [-0.4, -0.2) is 22.2 Å². The molecular formula is C11H15FN2O3. The topological polar surface area (TPSA) is 110 Å². The number of aliphatic hydroxyl groups is 2. The van der Waals surface area contributed by atoms with E-state index in [4.69, 9.17) is 11.5 Å². The molecule has 1 rings (SSSR count). The predicted molar refractivity (Wildman–Crippen MR) is 59.1 cm³/mol. The summed E-state index contributed by atoms with van der Waals surface area (Å²) in [6.07, 6.45) is -3.02. The predicted octanol–water partition coefficient (Wildman–Crippen LogP) is -0.446. The quantitative estimate of drug-likeness (QED) is 0.560. The van der Waals surface area contributed by atoms with Gasteiger partial charge in [-0.05, 0) is 23.3 Å². The van der Waals surface area contributed by atoms with Crippen LogP contribution in [-0.2, 0) is 11.3 Å². The Bertz CT molecular complexity index is 412. The number of carbonyl (C=O) groups is 1. The first-order chi connectivity index (χ1) is 7.95. The van der Waals surface area contributed by atoms with Crippen LogP contribution in [0.5, 0.6) is 0 Å². The van der Waals surface area contributed by atoms with Crippen LogP contribution in [0, 0.1) is 5.82 Å². The summed E-state index contributed by atoms with van der Waals surface area (Å²) in [7, 11) is 0. The largest absolute Gasteiger partial charge is 0.390 e. The van der Waals surface area contributed by atoms with Crippen molar-refractivity contribution in [2.24, 2.45) is 11.5 Å². The lowest BCUT2D eigenvalue weighted by Crippen LogP contribution is -2.26. The van der Waals surface area contributed by atoms with Crippen LogP contribution in [0.3, 0.4) is 0 Å². The highest BCUT2D eigenvalue weighted by Gasteiger charge is 2.22. The number of benzene rings is 1. The van der Waals surface area contributed by atoms with Crippen LogP contribution in [0.15, 0.2) is 18.2 Å². The molecule has 1 amide bonds. The number of nitrogens with two attached hydrogens (primary N) is 2. The Morgan fingerprint density at radius 1 is 1.41 bits per heavy atom. The number of rotatable bonds is 5. The molecule has 0 aliphatic rings. The van der Waals surface area contributed by atoms with Crippen LogP contribution in [0.2, 0.25) is 0 Å². The smallest absolute Gasteiger partial charge is 0.220 e. The van der Waals surface area contributed by atoms with Crippen molar-refractivity contribution in [3.05, 3.63) is 35.1 Å². The number of hydrogen-bond donors (Lipinski definition) is 4. The number of aliphatic hydroxyl groups excluding tert-OH is 2. The minimum atomic E-state index is -1.33. The molecular weight excluding hydrogens is 227 g/mol. The number of hydrogen-bond acceptors (Lipinski definition) is 4. The van der Waals surface area contributed by atoms with Crippen molar-refractivity contribution in [3.8, 4) is 0 Å². The van der Waals surface area contributed by atoms with Gasteiger partial charge >= 0.3 is 0 Å². The monoisotopic (exact) mass is 242 g/mol. The van der Waals surface area contributed by atoms with Crippen LogP contribution >= 0.6 is 0 Å². The van der Waals surface area contributed by atoms with Gasteiger partial charge in [-0.3, -0.25) is 4.79 Å². The van der Waals surface area contributed by atoms with E-state index >= 15 is 0 Å². The second-order valence-corrected chi connectivity index (χ2v) is 3.73. The van der Waals surface area contributed by atoms with E-state index in [-0.39, 0.29) is 13.0 Å². The molecule has 0 aromatic heterocycles. The summed E-state index contributed by atoms with van der Waals surface area (Å²) in [6.45, 7) is 0.0213. The molecule has 0 fully saturated rings. The fourth-order valence-corrected chi connectivity index (χ4v) is 1.56. The average Bonchev–Trinajstić information content (AvgIpc) is 2.27. The van der Waals surface area contributed by atoms with Gasteiger partial charge < -0.3 is 21.7 Å². The summed E-state index contributed by atoms with van der Waals surface area (Å²) in [5.41, 5.74) is 11.0. The van der Waals surface area contributed by atoms with E-state index in [9.17, 15) is 19.4 Å². The van der Waals surface area contributed by atoms with E-state index in [2.05, 4.69) is 0 Å². The van der Waals surface area contributed by atoms with E-state index in [1.807, 2.05) is 0 Å². The van der Waals surface area contributed by atoms with E-state index in [0.717, 1.165) is 6.07 Å². The third-order valence-corrected chi connectivity index (χ3v) is 2.42. The van der Waals surface area contributed by atoms with Crippen LogP contribution in [0.25, 0.3) is 0 Å². The molecule has 0 aliphatic carbocycles. The summed E-state index contributed by atoms with van der Waals surface area (Å²) in [4.78, 5) is 10.6. The summed E-state index contributed by atoms with van der Waals surface area (Å²) in [6, 6.07) is 3.65. The first-order valence-corrected chi connectivity index (χ1v) is 5.08. The zero-order valence-corrected chi connectivity index (χ0v) is 9.14. The fourth-order valence-electron chi connectivity index (χ4n) is 1.56. The standard InChI is InChI=1S/C11H15FN2O3/c12-7-1-2-8(6(3-7)5-13)11(17)9(15)4-10(14)16/h1-3,9,11,15,17H,4-5,13H2,(H2,14,16). The highest BCUT2D eigenvalue weighted by Crippen LogP contribution is 2.23. The van der Waals surface area contributed by atoms with Crippen molar-refractivity contribution in [1.82, 2.24) is 0 Å². The van der Waals surface area contributed by atoms with Gasteiger partial charge in [-0.25, -0.2) is 4.39 Å². The zero-order valence-electron chi connectivity index (χ0n) is 9.14. The molecule has 0 spiro atoms. The van der Waals surface area contributed by atoms with Gasteiger partial charge in [0.2, 0.25) is 5.91 Å². The third kappa shape index (κ3) is 3.48. The minimum Gasteiger partial charge on any atom is -0.390 e. The van der Waals surface area contributed by atoms with Gasteiger partial charge in [-0.15, -0.1) is 0 Å². The van der Waals surface area contributed by atoms with Gasteiger partial charge in [0.05, 0.1) is 12.5 Å². The molecule has 6 heteroatoms. The lowest BCUT2D eigenvalue weighted by molar-refractivity contribution is -0.121. The Morgan fingerprint density at radius 3 is 2.59 bits per heavy atom. The van der Waals surface area contributed by atoms with Crippen molar-refractivity contribution in [1.29, 1.82) is 0 Å². The molecule has 1 aromatic carbocycles. The first kappa shape index (κ1) is 13.6.